The van der Waals surface area contributed by atoms with E-state index in [4.69, 9.17) is 29.4 Å². The van der Waals surface area contributed by atoms with Gasteiger partial charge in [0.05, 0.1) is 32.4 Å². The fourth-order valence-electron chi connectivity index (χ4n) is 6.31. The van der Waals surface area contributed by atoms with Crippen molar-refractivity contribution < 1.29 is 9.47 Å². The highest BCUT2D eigenvalue weighted by atomic mass is 32.3. The summed E-state index contributed by atoms with van der Waals surface area (Å²) in [5, 5.41) is 4.91. The molecule has 3 aromatic heterocycles. The minimum Gasteiger partial charge on any atom is -0.372 e. The van der Waals surface area contributed by atoms with Gasteiger partial charge in [0, 0.05) is 36.4 Å². The van der Waals surface area contributed by atoms with E-state index in [-0.39, 0.29) is 12.2 Å². The maximum atomic E-state index is 6.46. The van der Waals surface area contributed by atoms with E-state index in [9.17, 15) is 0 Å². The summed E-state index contributed by atoms with van der Waals surface area (Å²) < 4.78 is 12.9. The SMILES string of the molecule is c1c[nH]c(S2(c3ncc4ccccc4n3)C(C3CCCO3)=NC(C3CCCCO3)=C2c2ccc3ccccc3n2)c1. The number of fused-ring (bicyclic) bond motifs is 2. The van der Waals surface area contributed by atoms with Crippen LogP contribution in [0.5, 0.6) is 0 Å². The molecule has 41 heavy (non-hydrogen) atoms. The number of nitrogens with zero attached hydrogens (tertiary/aromatic N) is 4. The van der Waals surface area contributed by atoms with Gasteiger partial charge in [-0.25, -0.2) is 19.9 Å². The van der Waals surface area contributed by atoms with Crippen molar-refractivity contribution in [2.45, 2.75) is 54.5 Å². The number of benzene rings is 2. The number of aliphatic imine (C=N–C) groups is 1. The zero-order valence-corrected chi connectivity index (χ0v) is 23.5. The molecule has 3 atom stereocenters. The molecule has 206 valence electrons. The summed E-state index contributed by atoms with van der Waals surface area (Å²) in [6.07, 6.45) is 8.70. The van der Waals surface area contributed by atoms with Crippen LogP contribution < -0.4 is 0 Å². The Kier molecular flexibility index (Phi) is 6.20. The Morgan fingerprint density at radius 2 is 1.51 bits per heavy atom. The first-order valence-electron chi connectivity index (χ1n) is 14.4. The number of pyridine rings is 1. The van der Waals surface area contributed by atoms with Gasteiger partial charge in [0.25, 0.3) is 0 Å². The number of nitrogens with one attached hydrogen (secondary N) is 1. The van der Waals surface area contributed by atoms with Gasteiger partial charge in [0.15, 0.2) is 5.16 Å². The average Bonchev–Trinajstić information content (AvgIpc) is 3.82. The quantitative estimate of drug-likeness (QED) is 0.228. The van der Waals surface area contributed by atoms with Gasteiger partial charge in [0.1, 0.15) is 17.3 Å². The lowest BCUT2D eigenvalue weighted by Gasteiger charge is -2.39. The highest BCUT2D eigenvalue weighted by Gasteiger charge is 2.52. The Bertz CT molecular complexity index is 1810. The molecular formula is C33H31N5O2S. The summed E-state index contributed by atoms with van der Waals surface area (Å²) in [5.41, 5.74) is 3.72. The summed E-state index contributed by atoms with van der Waals surface area (Å²) in [4.78, 5) is 25.9. The Hall–Kier alpha value is -3.85. The van der Waals surface area contributed by atoms with Crippen molar-refractivity contribution in [2.75, 3.05) is 13.2 Å². The van der Waals surface area contributed by atoms with Crippen molar-refractivity contribution in [2.24, 2.45) is 4.99 Å². The highest BCUT2D eigenvalue weighted by molar-refractivity contribution is 8.52. The van der Waals surface area contributed by atoms with Gasteiger partial charge in [-0.3, -0.25) is 0 Å². The lowest BCUT2D eigenvalue weighted by molar-refractivity contribution is 0.0392. The third-order valence-electron chi connectivity index (χ3n) is 8.24. The summed E-state index contributed by atoms with van der Waals surface area (Å²) in [6, 6.07) is 25.0. The van der Waals surface area contributed by atoms with Crippen LogP contribution in [0.2, 0.25) is 0 Å². The Morgan fingerprint density at radius 3 is 2.29 bits per heavy atom. The standard InChI is InChI=1S/C33H31N5O2S/c1-3-11-24-22(9-1)16-17-26(36-24)31-30(27-13-5-6-19-39-27)38-32(28-14-8-20-40-28)41(31,29-15-7-18-34-29)33-35-21-23-10-2-4-12-25(23)37-33/h1-4,7,9-12,15-18,21,27-28,34H,5-6,8,13-14,19-20H2. The maximum absolute atomic E-state index is 6.46. The molecule has 0 spiro atoms. The zero-order chi connectivity index (χ0) is 27.2. The summed E-state index contributed by atoms with van der Waals surface area (Å²) in [7, 11) is -2.27. The lowest BCUT2D eigenvalue weighted by Crippen LogP contribution is -2.26. The van der Waals surface area contributed by atoms with Crippen LogP contribution in [-0.2, 0) is 9.47 Å². The van der Waals surface area contributed by atoms with E-state index < -0.39 is 10.0 Å². The largest absolute Gasteiger partial charge is 0.372 e. The van der Waals surface area contributed by atoms with E-state index in [1.165, 1.54) is 0 Å². The molecule has 0 bridgehead atoms. The summed E-state index contributed by atoms with van der Waals surface area (Å²) in [5.74, 6) is 0. The van der Waals surface area contributed by atoms with E-state index in [1.807, 2.05) is 30.6 Å². The van der Waals surface area contributed by atoms with Crippen molar-refractivity contribution in [3.63, 3.8) is 0 Å². The fraction of sp³-hybridized carbons (Fsp3) is 0.273. The van der Waals surface area contributed by atoms with Gasteiger partial charge in [0.2, 0.25) is 0 Å². The lowest BCUT2D eigenvalue weighted by atomic mass is 10.0. The molecule has 2 aromatic carbocycles. The fourth-order valence-corrected chi connectivity index (χ4v) is 10.2. The van der Waals surface area contributed by atoms with Crippen LogP contribution >= 0.6 is 10.0 Å². The first-order valence-corrected chi connectivity index (χ1v) is 16.1. The molecule has 8 rings (SSSR count). The van der Waals surface area contributed by atoms with Crippen LogP contribution in [-0.4, -0.2) is 50.4 Å². The molecule has 7 nitrogen and oxygen atoms in total. The minimum absolute atomic E-state index is 0.117. The van der Waals surface area contributed by atoms with Crippen LogP contribution in [0.15, 0.2) is 106 Å². The van der Waals surface area contributed by atoms with E-state index in [0.717, 1.165) is 98.6 Å². The minimum atomic E-state index is -2.27. The predicted molar refractivity (Wildman–Crippen MR) is 163 cm³/mol. The third-order valence-corrected chi connectivity index (χ3v) is 11.9. The van der Waals surface area contributed by atoms with Gasteiger partial charge < -0.3 is 14.5 Å². The van der Waals surface area contributed by atoms with Crippen molar-refractivity contribution in [3.05, 3.63) is 96.6 Å². The molecule has 0 aliphatic carbocycles. The van der Waals surface area contributed by atoms with Crippen LogP contribution in [0.1, 0.15) is 37.8 Å². The van der Waals surface area contributed by atoms with E-state index in [1.54, 1.807) is 0 Å². The van der Waals surface area contributed by atoms with Crippen LogP contribution in [0, 0.1) is 0 Å². The maximum Gasteiger partial charge on any atom is 0.185 e. The molecule has 6 heterocycles. The first-order chi connectivity index (χ1) is 20.3. The molecule has 3 aliphatic heterocycles. The molecule has 3 aliphatic rings. The number of aromatic nitrogens is 4. The third kappa shape index (κ3) is 4.04. The number of aromatic amines is 1. The monoisotopic (exact) mass is 561 g/mol. The molecule has 0 radical (unpaired) electrons. The number of hydrogen-bond acceptors (Lipinski definition) is 6. The van der Waals surface area contributed by atoms with Crippen molar-refractivity contribution in [1.82, 2.24) is 19.9 Å². The molecule has 5 aromatic rings. The van der Waals surface area contributed by atoms with Gasteiger partial charge in [-0.15, -0.1) is 0 Å². The number of H-pyrrole nitrogens is 1. The Balaban J connectivity index is 1.47. The van der Waals surface area contributed by atoms with E-state index >= 15 is 0 Å². The van der Waals surface area contributed by atoms with Crippen molar-refractivity contribution in [3.8, 4) is 0 Å². The van der Waals surface area contributed by atoms with Crippen molar-refractivity contribution in [1.29, 1.82) is 0 Å². The van der Waals surface area contributed by atoms with Gasteiger partial charge >= 0.3 is 0 Å². The van der Waals surface area contributed by atoms with Gasteiger partial charge in [-0.1, -0.05) is 52.5 Å². The molecule has 2 fully saturated rings. The summed E-state index contributed by atoms with van der Waals surface area (Å²) >= 11 is 0. The molecular weight excluding hydrogens is 530 g/mol. The van der Waals surface area contributed by atoms with Gasteiger partial charge in [-0.2, -0.15) is 0 Å². The topological polar surface area (TPSA) is 85.3 Å². The summed E-state index contributed by atoms with van der Waals surface area (Å²) in [6.45, 7) is 1.45. The zero-order valence-electron chi connectivity index (χ0n) is 22.7. The van der Waals surface area contributed by atoms with Gasteiger partial charge in [-0.05, 0) is 62.4 Å². The molecule has 8 heteroatoms. The molecule has 0 saturated carbocycles. The second kappa shape index (κ2) is 10.2. The number of ether oxygens (including phenoxy) is 2. The van der Waals surface area contributed by atoms with Crippen LogP contribution in [0.3, 0.4) is 0 Å². The smallest absolute Gasteiger partial charge is 0.185 e. The second-order valence-corrected chi connectivity index (χ2v) is 13.6. The highest BCUT2D eigenvalue weighted by Crippen LogP contribution is 2.75. The second-order valence-electron chi connectivity index (χ2n) is 10.8. The van der Waals surface area contributed by atoms with E-state index in [2.05, 4.69) is 59.6 Å². The molecule has 1 N–H and O–H groups in total. The first kappa shape index (κ1) is 24.9. The normalized spacial score (nSPS) is 26.4. The molecule has 2 saturated heterocycles. The molecule has 3 unspecified atom stereocenters. The van der Waals surface area contributed by atoms with Crippen LogP contribution in [0.4, 0.5) is 0 Å². The van der Waals surface area contributed by atoms with E-state index in [0.29, 0.717) is 0 Å². The van der Waals surface area contributed by atoms with Crippen molar-refractivity contribution >= 4 is 41.8 Å². The average molecular weight is 562 g/mol. The Labute approximate surface area is 240 Å². The number of hydrogen-bond donors (Lipinski definition) is 1. The number of para-hydroxylation sites is 2. The predicted octanol–water partition coefficient (Wildman–Crippen LogP) is 7.26. The van der Waals surface area contributed by atoms with Crippen LogP contribution in [0.25, 0.3) is 26.7 Å². The molecule has 0 amide bonds. The Morgan fingerprint density at radius 1 is 0.732 bits per heavy atom. The number of rotatable bonds is 5.